The number of carbonyl (C=O) groups is 1. The molecule has 2 nitrogen and oxygen atoms in total. The maximum atomic E-state index is 10.9. The number of hydrogen-bond acceptors (Lipinski definition) is 2. The molecule has 1 rings (SSSR count). The maximum absolute atomic E-state index is 10.9. The lowest BCUT2D eigenvalue weighted by atomic mass is 9.96. The molecule has 0 aromatic rings. The molecule has 9 heavy (non-hydrogen) atoms. The monoisotopic (exact) mass is 127 g/mol. The molecular weight excluding hydrogens is 114 g/mol. The molecule has 0 aromatic carbocycles. The summed E-state index contributed by atoms with van der Waals surface area (Å²) in [5.41, 5.74) is 0. The topological polar surface area (TPSA) is 29.1 Å². The minimum Gasteiger partial charge on any atom is -0.307 e. The van der Waals surface area contributed by atoms with Crippen LogP contribution in [0.15, 0.2) is 0 Å². The van der Waals surface area contributed by atoms with Crippen LogP contribution in [0.4, 0.5) is 0 Å². The van der Waals surface area contributed by atoms with Gasteiger partial charge in [-0.1, -0.05) is 6.92 Å². The normalized spacial score (nSPS) is 36.9. The number of hydrogen-bond donors (Lipinski definition) is 1. The Morgan fingerprint density at radius 2 is 2.22 bits per heavy atom. The summed E-state index contributed by atoms with van der Waals surface area (Å²) in [6, 6.07) is 0.0983. The predicted molar refractivity (Wildman–Crippen MR) is 36.3 cm³/mol. The molecular formula is C7H13NO. The van der Waals surface area contributed by atoms with Crippen molar-refractivity contribution >= 4 is 5.78 Å². The van der Waals surface area contributed by atoms with Crippen molar-refractivity contribution in [3.8, 4) is 0 Å². The Labute approximate surface area is 55.6 Å². The fraction of sp³-hybridized carbons (Fsp3) is 0.857. The first-order valence-electron chi connectivity index (χ1n) is 3.46. The second kappa shape index (κ2) is 2.48. The first-order valence-corrected chi connectivity index (χ1v) is 3.46. The highest BCUT2D eigenvalue weighted by Gasteiger charge is 2.20. The second-order valence-electron chi connectivity index (χ2n) is 2.91. The Balaban J connectivity index is 2.44. The second-order valence-corrected chi connectivity index (χ2v) is 2.91. The van der Waals surface area contributed by atoms with Gasteiger partial charge in [-0.3, -0.25) is 4.79 Å². The van der Waals surface area contributed by atoms with Crippen LogP contribution >= 0.6 is 0 Å². The van der Waals surface area contributed by atoms with E-state index in [-0.39, 0.29) is 6.04 Å². The van der Waals surface area contributed by atoms with Crippen LogP contribution in [0.2, 0.25) is 0 Å². The molecule has 1 heterocycles. The summed E-state index contributed by atoms with van der Waals surface area (Å²) in [5.74, 6) is 0.891. The van der Waals surface area contributed by atoms with Gasteiger partial charge in [0.15, 0.2) is 0 Å². The number of nitrogens with one attached hydrogen (secondary N) is 1. The molecule has 0 aliphatic carbocycles. The Hall–Kier alpha value is -0.370. The molecule has 1 fully saturated rings. The molecule has 1 aliphatic rings. The zero-order chi connectivity index (χ0) is 6.85. The summed E-state index contributed by atoms with van der Waals surface area (Å²) in [5, 5.41) is 3.13. The van der Waals surface area contributed by atoms with E-state index >= 15 is 0 Å². The van der Waals surface area contributed by atoms with Gasteiger partial charge in [-0.05, 0) is 19.4 Å². The molecule has 0 radical (unpaired) electrons. The zero-order valence-corrected chi connectivity index (χ0v) is 5.98. The van der Waals surface area contributed by atoms with Crippen LogP contribution in [-0.2, 0) is 4.79 Å². The molecule has 0 aromatic heterocycles. The van der Waals surface area contributed by atoms with E-state index in [0.29, 0.717) is 11.7 Å². The molecule has 0 spiro atoms. The van der Waals surface area contributed by atoms with Gasteiger partial charge in [-0.15, -0.1) is 0 Å². The average Bonchev–Trinajstić information content (AvgIpc) is 1.80. The van der Waals surface area contributed by atoms with Crippen molar-refractivity contribution < 1.29 is 4.79 Å². The van der Waals surface area contributed by atoms with Gasteiger partial charge in [0.25, 0.3) is 0 Å². The summed E-state index contributed by atoms with van der Waals surface area (Å²) >= 11 is 0. The average molecular weight is 127 g/mol. The predicted octanol–water partition coefficient (Wildman–Crippen LogP) is 0.573. The lowest BCUT2D eigenvalue weighted by Gasteiger charge is -2.23. The van der Waals surface area contributed by atoms with Crippen molar-refractivity contribution in [1.82, 2.24) is 5.32 Å². The molecule has 2 unspecified atom stereocenters. The molecule has 2 heteroatoms. The Kier molecular flexibility index (Phi) is 1.86. The Bertz CT molecular complexity index is 122. The van der Waals surface area contributed by atoms with E-state index in [9.17, 15) is 4.79 Å². The van der Waals surface area contributed by atoms with Crippen LogP contribution < -0.4 is 5.32 Å². The van der Waals surface area contributed by atoms with E-state index in [1.165, 1.54) is 0 Å². The molecule has 1 aliphatic heterocycles. The Morgan fingerprint density at radius 3 is 2.67 bits per heavy atom. The number of Topliss-reactive ketones (excluding diaryl/α,β-unsaturated/α-hetero) is 1. The highest BCUT2D eigenvalue weighted by molar-refractivity contribution is 5.84. The van der Waals surface area contributed by atoms with Crippen molar-refractivity contribution in [1.29, 1.82) is 0 Å². The first kappa shape index (κ1) is 6.75. The summed E-state index contributed by atoms with van der Waals surface area (Å²) in [4.78, 5) is 10.9. The van der Waals surface area contributed by atoms with E-state index in [0.717, 1.165) is 13.0 Å². The highest BCUT2D eigenvalue weighted by atomic mass is 16.1. The summed E-state index contributed by atoms with van der Waals surface area (Å²) in [6.07, 6.45) is 0.758. The number of piperidine rings is 1. The van der Waals surface area contributed by atoms with Crippen molar-refractivity contribution in [2.45, 2.75) is 26.3 Å². The molecule has 0 saturated carbocycles. The summed E-state index contributed by atoms with van der Waals surface area (Å²) in [7, 11) is 0. The van der Waals surface area contributed by atoms with Gasteiger partial charge in [0, 0.05) is 6.42 Å². The van der Waals surface area contributed by atoms with E-state index in [4.69, 9.17) is 0 Å². The van der Waals surface area contributed by atoms with Gasteiger partial charge >= 0.3 is 0 Å². The number of ketones is 1. The van der Waals surface area contributed by atoms with Crippen LogP contribution in [0.1, 0.15) is 20.3 Å². The van der Waals surface area contributed by atoms with E-state index in [2.05, 4.69) is 12.2 Å². The van der Waals surface area contributed by atoms with E-state index < -0.39 is 0 Å². The summed E-state index contributed by atoms with van der Waals surface area (Å²) < 4.78 is 0. The molecule has 0 amide bonds. The fourth-order valence-electron chi connectivity index (χ4n) is 1.08. The van der Waals surface area contributed by atoms with Crippen LogP contribution in [-0.4, -0.2) is 18.4 Å². The van der Waals surface area contributed by atoms with Gasteiger partial charge in [0.1, 0.15) is 5.78 Å². The molecule has 1 N–H and O–H groups in total. The first-order chi connectivity index (χ1) is 4.20. The lowest BCUT2D eigenvalue weighted by Crippen LogP contribution is -2.43. The van der Waals surface area contributed by atoms with Crippen LogP contribution in [0.3, 0.4) is 0 Å². The van der Waals surface area contributed by atoms with Gasteiger partial charge in [-0.2, -0.15) is 0 Å². The fourth-order valence-corrected chi connectivity index (χ4v) is 1.08. The maximum Gasteiger partial charge on any atom is 0.149 e. The standard InChI is InChI=1S/C7H13NO/c1-5-3-7(9)6(2)8-4-5/h5-6,8H,3-4H2,1-2H3. The van der Waals surface area contributed by atoms with E-state index in [1.807, 2.05) is 6.92 Å². The molecule has 52 valence electrons. The molecule has 1 saturated heterocycles. The minimum atomic E-state index is 0.0983. The van der Waals surface area contributed by atoms with Crippen LogP contribution in [0.5, 0.6) is 0 Å². The number of carbonyl (C=O) groups excluding carboxylic acids is 1. The lowest BCUT2D eigenvalue weighted by molar-refractivity contribution is -0.122. The zero-order valence-electron chi connectivity index (χ0n) is 5.98. The van der Waals surface area contributed by atoms with Gasteiger partial charge < -0.3 is 5.32 Å². The van der Waals surface area contributed by atoms with E-state index in [1.54, 1.807) is 0 Å². The third kappa shape index (κ3) is 1.52. The third-order valence-electron chi connectivity index (χ3n) is 1.81. The molecule has 0 bridgehead atoms. The van der Waals surface area contributed by atoms with Crippen molar-refractivity contribution in [2.75, 3.05) is 6.54 Å². The highest BCUT2D eigenvalue weighted by Crippen LogP contribution is 2.08. The Morgan fingerprint density at radius 1 is 1.56 bits per heavy atom. The van der Waals surface area contributed by atoms with Crippen LogP contribution in [0.25, 0.3) is 0 Å². The van der Waals surface area contributed by atoms with Crippen molar-refractivity contribution in [3.63, 3.8) is 0 Å². The summed E-state index contributed by atoms with van der Waals surface area (Å²) in [6.45, 7) is 5.01. The number of rotatable bonds is 0. The SMILES string of the molecule is CC1CNC(C)C(=O)C1. The third-order valence-corrected chi connectivity index (χ3v) is 1.81. The molecule has 2 atom stereocenters. The van der Waals surface area contributed by atoms with Gasteiger partial charge in [-0.25, -0.2) is 0 Å². The minimum absolute atomic E-state index is 0.0983. The largest absolute Gasteiger partial charge is 0.307 e. The van der Waals surface area contributed by atoms with Gasteiger partial charge in [0.2, 0.25) is 0 Å². The van der Waals surface area contributed by atoms with Crippen LogP contribution in [0, 0.1) is 5.92 Å². The van der Waals surface area contributed by atoms with Gasteiger partial charge in [0.05, 0.1) is 6.04 Å². The van der Waals surface area contributed by atoms with Crippen molar-refractivity contribution in [2.24, 2.45) is 5.92 Å². The quantitative estimate of drug-likeness (QED) is 0.515. The van der Waals surface area contributed by atoms with Crippen molar-refractivity contribution in [3.05, 3.63) is 0 Å². The smallest absolute Gasteiger partial charge is 0.149 e.